The van der Waals surface area contributed by atoms with Gasteiger partial charge in [-0.05, 0) is 31.9 Å². The molecule has 1 aromatic heterocycles. The van der Waals surface area contributed by atoms with E-state index in [2.05, 4.69) is 4.98 Å². The van der Waals surface area contributed by atoms with E-state index in [1.807, 2.05) is 6.92 Å². The number of rotatable bonds is 4. The molecular weight excluding hydrogens is 252 g/mol. The lowest BCUT2D eigenvalue weighted by atomic mass is 10.2. The highest BCUT2D eigenvalue weighted by Crippen LogP contribution is 2.17. The molecule has 0 radical (unpaired) electrons. The van der Waals surface area contributed by atoms with Crippen molar-refractivity contribution in [2.75, 3.05) is 19.7 Å². The Morgan fingerprint density at radius 2 is 2.50 bits per heavy atom. The van der Waals surface area contributed by atoms with Crippen LogP contribution in [0.2, 0.25) is 5.15 Å². The van der Waals surface area contributed by atoms with Crippen LogP contribution in [0.4, 0.5) is 0 Å². The number of carbonyl (C=O) groups excluding carboxylic acids is 1. The lowest BCUT2D eigenvalue weighted by Crippen LogP contribution is -2.37. The van der Waals surface area contributed by atoms with Gasteiger partial charge in [-0.15, -0.1) is 0 Å². The van der Waals surface area contributed by atoms with Crippen molar-refractivity contribution < 1.29 is 9.53 Å². The van der Waals surface area contributed by atoms with Gasteiger partial charge in [-0.3, -0.25) is 4.79 Å². The Morgan fingerprint density at radius 1 is 1.67 bits per heavy atom. The summed E-state index contributed by atoms with van der Waals surface area (Å²) in [6.07, 6.45) is 3.83. The number of amides is 1. The van der Waals surface area contributed by atoms with Crippen molar-refractivity contribution in [3.63, 3.8) is 0 Å². The minimum Gasteiger partial charge on any atom is -0.376 e. The van der Waals surface area contributed by atoms with Crippen LogP contribution in [0.3, 0.4) is 0 Å². The van der Waals surface area contributed by atoms with E-state index >= 15 is 0 Å². The minimum absolute atomic E-state index is 0.0777. The molecule has 1 fully saturated rings. The predicted molar refractivity (Wildman–Crippen MR) is 69.8 cm³/mol. The van der Waals surface area contributed by atoms with Gasteiger partial charge in [0.05, 0.1) is 11.7 Å². The maximum absolute atomic E-state index is 12.3. The number of halogens is 1. The Balaban J connectivity index is 2.07. The number of nitrogens with zero attached hydrogens (tertiary/aromatic N) is 2. The Labute approximate surface area is 112 Å². The van der Waals surface area contributed by atoms with Crippen LogP contribution in [0.15, 0.2) is 18.3 Å². The summed E-state index contributed by atoms with van der Waals surface area (Å²) in [6, 6.07) is 3.43. The highest BCUT2D eigenvalue weighted by Gasteiger charge is 2.23. The van der Waals surface area contributed by atoms with Crippen LogP contribution in [-0.4, -0.2) is 41.6 Å². The largest absolute Gasteiger partial charge is 0.376 e. The Morgan fingerprint density at radius 3 is 3.11 bits per heavy atom. The second-order valence-electron chi connectivity index (χ2n) is 4.32. The molecular formula is C13H17ClN2O2. The quantitative estimate of drug-likeness (QED) is 0.788. The van der Waals surface area contributed by atoms with Gasteiger partial charge in [0, 0.05) is 25.9 Å². The lowest BCUT2D eigenvalue weighted by molar-refractivity contribution is 0.0539. The molecule has 18 heavy (non-hydrogen) atoms. The Bertz CT molecular complexity index is 419. The van der Waals surface area contributed by atoms with E-state index < -0.39 is 0 Å². The molecule has 0 bridgehead atoms. The third-order valence-corrected chi connectivity index (χ3v) is 3.41. The van der Waals surface area contributed by atoms with E-state index in [-0.39, 0.29) is 17.2 Å². The predicted octanol–water partition coefficient (Wildman–Crippen LogP) is 2.38. The highest BCUT2D eigenvalue weighted by atomic mass is 35.5. The van der Waals surface area contributed by atoms with E-state index in [9.17, 15) is 4.79 Å². The van der Waals surface area contributed by atoms with Crippen LogP contribution >= 0.6 is 11.6 Å². The molecule has 5 heteroatoms. The van der Waals surface area contributed by atoms with Crippen LogP contribution in [0.1, 0.15) is 30.1 Å². The molecule has 0 spiro atoms. The fourth-order valence-corrected chi connectivity index (χ4v) is 2.31. The maximum atomic E-state index is 12.3. The molecule has 0 N–H and O–H groups in total. The fraction of sp³-hybridized carbons (Fsp3) is 0.538. The molecule has 2 heterocycles. The normalized spacial score (nSPS) is 18.9. The summed E-state index contributed by atoms with van der Waals surface area (Å²) in [5.41, 5.74) is 0.457. The molecule has 1 unspecified atom stereocenters. The number of hydrogen-bond donors (Lipinski definition) is 0. The molecule has 1 aliphatic rings. The van der Waals surface area contributed by atoms with Crippen molar-refractivity contribution >= 4 is 17.5 Å². The van der Waals surface area contributed by atoms with E-state index in [0.717, 1.165) is 19.4 Å². The Hall–Kier alpha value is -1.13. The first-order valence-corrected chi connectivity index (χ1v) is 6.61. The van der Waals surface area contributed by atoms with Gasteiger partial charge in [0.25, 0.3) is 5.91 Å². The molecule has 1 atom stereocenters. The van der Waals surface area contributed by atoms with E-state index in [1.165, 1.54) is 0 Å². The first-order chi connectivity index (χ1) is 8.72. The summed E-state index contributed by atoms with van der Waals surface area (Å²) in [4.78, 5) is 18.0. The zero-order valence-electron chi connectivity index (χ0n) is 10.4. The molecule has 98 valence electrons. The number of carbonyl (C=O) groups is 1. The number of ether oxygens (including phenoxy) is 1. The molecule has 1 saturated heterocycles. The molecule has 1 amide bonds. The summed E-state index contributed by atoms with van der Waals surface area (Å²) in [7, 11) is 0. The second kappa shape index (κ2) is 6.16. The summed E-state index contributed by atoms with van der Waals surface area (Å²) in [5.74, 6) is -0.0777. The third-order valence-electron chi connectivity index (χ3n) is 3.11. The zero-order chi connectivity index (χ0) is 13.0. The van der Waals surface area contributed by atoms with Crippen molar-refractivity contribution in [3.8, 4) is 0 Å². The van der Waals surface area contributed by atoms with E-state index in [0.29, 0.717) is 18.7 Å². The van der Waals surface area contributed by atoms with Crippen molar-refractivity contribution in [1.29, 1.82) is 0 Å². The third kappa shape index (κ3) is 3.00. The van der Waals surface area contributed by atoms with Crippen LogP contribution in [0.25, 0.3) is 0 Å². The number of aromatic nitrogens is 1. The summed E-state index contributed by atoms with van der Waals surface area (Å²) < 4.78 is 5.56. The van der Waals surface area contributed by atoms with Gasteiger partial charge in [0.15, 0.2) is 0 Å². The van der Waals surface area contributed by atoms with Crippen molar-refractivity contribution in [2.24, 2.45) is 0 Å². The first kappa shape index (κ1) is 13.3. The number of likely N-dealkylation sites (N-methyl/N-ethyl adjacent to an activating group) is 1. The summed E-state index contributed by atoms with van der Waals surface area (Å²) in [6.45, 7) is 4.02. The highest BCUT2D eigenvalue weighted by molar-refractivity contribution is 6.32. The van der Waals surface area contributed by atoms with Gasteiger partial charge < -0.3 is 9.64 Å². The second-order valence-corrected chi connectivity index (χ2v) is 4.68. The standard InChI is InChI=1S/C13H17ClN2O2/c1-2-16(9-10-5-4-8-18-10)13(17)11-6-3-7-15-12(11)14/h3,6-7,10H,2,4-5,8-9H2,1H3. The van der Waals surface area contributed by atoms with Gasteiger partial charge in [-0.25, -0.2) is 4.98 Å². The van der Waals surface area contributed by atoms with Gasteiger partial charge >= 0.3 is 0 Å². The molecule has 4 nitrogen and oxygen atoms in total. The maximum Gasteiger partial charge on any atom is 0.257 e. The lowest BCUT2D eigenvalue weighted by Gasteiger charge is -2.24. The van der Waals surface area contributed by atoms with Gasteiger partial charge in [0.2, 0.25) is 0 Å². The van der Waals surface area contributed by atoms with Crippen molar-refractivity contribution in [1.82, 2.24) is 9.88 Å². The SMILES string of the molecule is CCN(CC1CCCO1)C(=O)c1cccnc1Cl. The molecule has 2 rings (SSSR count). The van der Waals surface area contributed by atoms with Crippen LogP contribution in [-0.2, 0) is 4.74 Å². The zero-order valence-corrected chi connectivity index (χ0v) is 11.2. The smallest absolute Gasteiger partial charge is 0.257 e. The van der Waals surface area contributed by atoms with Gasteiger partial charge in [-0.2, -0.15) is 0 Å². The molecule has 0 aliphatic carbocycles. The monoisotopic (exact) mass is 268 g/mol. The molecule has 0 saturated carbocycles. The van der Waals surface area contributed by atoms with Crippen LogP contribution in [0, 0.1) is 0 Å². The summed E-state index contributed by atoms with van der Waals surface area (Å²) >= 11 is 5.95. The average Bonchev–Trinajstić information content (AvgIpc) is 2.88. The van der Waals surface area contributed by atoms with Crippen LogP contribution in [0.5, 0.6) is 0 Å². The average molecular weight is 269 g/mol. The van der Waals surface area contributed by atoms with Crippen molar-refractivity contribution in [3.05, 3.63) is 29.0 Å². The number of pyridine rings is 1. The molecule has 1 aromatic rings. The van der Waals surface area contributed by atoms with E-state index in [1.54, 1.807) is 23.2 Å². The van der Waals surface area contributed by atoms with Crippen molar-refractivity contribution in [2.45, 2.75) is 25.9 Å². The fourth-order valence-electron chi connectivity index (χ4n) is 2.11. The van der Waals surface area contributed by atoms with E-state index in [4.69, 9.17) is 16.3 Å². The Kier molecular flexibility index (Phi) is 4.55. The summed E-state index contributed by atoms with van der Waals surface area (Å²) in [5, 5.41) is 0.258. The number of hydrogen-bond acceptors (Lipinski definition) is 3. The van der Waals surface area contributed by atoms with Gasteiger partial charge in [0.1, 0.15) is 5.15 Å². The minimum atomic E-state index is -0.0777. The topological polar surface area (TPSA) is 42.4 Å². The van der Waals surface area contributed by atoms with Gasteiger partial charge in [-0.1, -0.05) is 11.6 Å². The first-order valence-electron chi connectivity index (χ1n) is 6.23. The van der Waals surface area contributed by atoms with Crippen LogP contribution < -0.4 is 0 Å². The molecule has 1 aliphatic heterocycles. The molecule has 0 aromatic carbocycles.